The van der Waals surface area contributed by atoms with Gasteiger partial charge in [-0.05, 0) is 34.3 Å². The molecule has 4 heteroatoms. The van der Waals surface area contributed by atoms with E-state index in [9.17, 15) is 0 Å². The standard InChI is InChI=1S/C14H13N3S/c15-13(14-9-16-17-18-14)8-11-6-3-5-10-4-1-2-7-12(10)11/h1-7,9,13H,8,15H2. The molecule has 3 nitrogen and oxygen atoms in total. The first kappa shape index (κ1) is 11.3. The molecule has 3 rings (SSSR count). The van der Waals surface area contributed by atoms with E-state index in [0.717, 1.165) is 11.3 Å². The van der Waals surface area contributed by atoms with E-state index in [1.54, 1.807) is 6.20 Å². The second kappa shape index (κ2) is 4.84. The summed E-state index contributed by atoms with van der Waals surface area (Å²) in [5.74, 6) is 0. The molecule has 0 spiro atoms. The third-order valence-corrected chi connectivity index (χ3v) is 3.86. The maximum Gasteiger partial charge on any atom is 0.0669 e. The fourth-order valence-electron chi connectivity index (χ4n) is 2.15. The van der Waals surface area contributed by atoms with Gasteiger partial charge in [-0.15, -0.1) is 5.10 Å². The molecule has 0 radical (unpaired) electrons. The van der Waals surface area contributed by atoms with E-state index in [-0.39, 0.29) is 6.04 Å². The van der Waals surface area contributed by atoms with Crippen LogP contribution < -0.4 is 5.73 Å². The molecule has 90 valence electrons. The van der Waals surface area contributed by atoms with Crippen LogP contribution in [-0.4, -0.2) is 9.59 Å². The van der Waals surface area contributed by atoms with Crippen LogP contribution >= 0.6 is 11.5 Å². The quantitative estimate of drug-likeness (QED) is 0.783. The molecule has 0 saturated heterocycles. The largest absolute Gasteiger partial charge is 0.323 e. The summed E-state index contributed by atoms with van der Waals surface area (Å²) < 4.78 is 3.86. The molecule has 1 atom stereocenters. The van der Waals surface area contributed by atoms with Crippen molar-refractivity contribution in [1.29, 1.82) is 0 Å². The predicted molar refractivity (Wildman–Crippen MR) is 74.5 cm³/mol. The van der Waals surface area contributed by atoms with E-state index in [0.29, 0.717) is 0 Å². The lowest BCUT2D eigenvalue weighted by Gasteiger charge is -2.11. The van der Waals surface area contributed by atoms with Crippen molar-refractivity contribution in [3.63, 3.8) is 0 Å². The maximum absolute atomic E-state index is 6.19. The van der Waals surface area contributed by atoms with Gasteiger partial charge >= 0.3 is 0 Å². The Morgan fingerprint density at radius 3 is 2.78 bits per heavy atom. The lowest BCUT2D eigenvalue weighted by molar-refractivity contribution is 0.738. The lowest BCUT2D eigenvalue weighted by Crippen LogP contribution is -2.12. The topological polar surface area (TPSA) is 51.8 Å². The molecule has 0 aliphatic rings. The number of hydrogen-bond donors (Lipinski definition) is 1. The maximum atomic E-state index is 6.19. The van der Waals surface area contributed by atoms with Gasteiger partial charge in [0, 0.05) is 6.04 Å². The summed E-state index contributed by atoms with van der Waals surface area (Å²) in [6, 6.07) is 14.7. The van der Waals surface area contributed by atoms with Crippen molar-refractivity contribution < 1.29 is 0 Å². The first-order valence-corrected chi connectivity index (χ1v) is 6.61. The normalized spacial score (nSPS) is 12.7. The van der Waals surface area contributed by atoms with Crippen LogP contribution in [0.3, 0.4) is 0 Å². The van der Waals surface area contributed by atoms with Crippen molar-refractivity contribution in [2.75, 3.05) is 0 Å². The zero-order chi connectivity index (χ0) is 12.4. The van der Waals surface area contributed by atoms with E-state index < -0.39 is 0 Å². The predicted octanol–water partition coefficient (Wildman–Crippen LogP) is 2.93. The van der Waals surface area contributed by atoms with Crippen molar-refractivity contribution in [2.24, 2.45) is 5.73 Å². The minimum atomic E-state index is -0.0317. The summed E-state index contributed by atoms with van der Waals surface area (Å²) in [6.45, 7) is 0. The second-order valence-corrected chi connectivity index (χ2v) is 5.09. The van der Waals surface area contributed by atoms with E-state index in [2.05, 4.69) is 52.1 Å². The second-order valence-electron chi connectivity index (χ2n) is 4.27. The molecule has 0 saturated carbocycles. The average molecular weight is 255 g/mol. The fraction of sp³-hybridized carbons (Fsp3) is 0.143. The van der Waals surface area contributed by atoms with E-state index in [4.69, 9.17) is 5.73 Å². The zero-order valence-electron chi connectivity index (χ0n) is 9.78. The van der Waals surface area contributed by atoms with Gasteiger partial charge in [-0.2, -0.15) is 0 Å². The number of benzene rings is 2. The fourth-order valence-corrected chi connectivity index (χ4v) is 2.65. The molecule has 18 heavy (non-hydrogen) atoms. The monoisotopic (exact) mass is 255 g/mol. The van der Waals surface area contributed by atoms with E-state index >= 15 is 0 Å². The lowest BCUT2D eigenvalue weighted by atomic mass is 9.99. The summed E-state index contributed by atoms with van der Waals surface area (Å²) in [4.78, 5) is 1.03. The van der Waals surface area contributed by atoms with Crippen LogP contribution in [0.1, 0.15) is 16.5 Å². The Morgan fingerprint density at radius 2 is 1.94 bits per heavy atom. The molecule has 1 aromatic heterocycles. The van der Waals surface area contributed by atoms with Crippen LogP contribution in [0.15, 0.2) is 48.7 Å². The number of fused-ring (bicyclic) bond motifs is 1. The number of rotatable bonds is 3. The van der Waals surface area contributed by atoms with Crippen LogP contribution in [0.25, 0.3) is 10.8 Å². The minimum Gasteiger partial charge on any atom is -0.323 e. The van der Waals surface area contributed by atoms with Gasteiger partial charge in [0.25, 0.3) is 0 Å². The van der Waals surface area contributed by atoms with E-state index in [1.807, 2.05) is 0 Å². The molecule has 1 unspecified atom stereocenters. The van der Waals surface area contributed by atoms with Crippen LogP contribution in [0.4, 0.5) is 0 Å². The first-order valence-electron chi connectivity index (χ1n) is 5.84. The van der Waals surface area contributed by atoms with Gasteiger partial charge in [0.05, 0.1) is 11.1 Å². The van der Waals surface area contributed by atoms with Gasteiger partial charge in [-0.25, -0.2) is 0 Å². The Hall–Kier alpha value is -1.78. The van der Waals surface area contributed by atoms with Gasteiger partial charge in [-0.1, -0.05) is 47.0 Å². The molecular formula is C14H13N3S. The molecule has 0 aliphatic carbocycles. The van der Waals surface area contributed by atoms with Crippen molar-refractivity contribution in [1.82, 2.24) is 9.59 Å². The smallest absolute Gasteiger partial charge is 0.0669 e. The summed E-state index contributed by atoms with van der Waals surface area (Å²) in [5.41, 5.74) is 7.47. The molecule has 2 aromatic carbocycles. The molecule has 0 amide bonds. The number of nitrogens with two attached hydrogens (primary N) is 1. The van der Waals surface area contributed by atoms with Gasteiger partial charge < -0.3 is 5.73 Å². The van der Waals surface area contributed by atoms with Crippen molar-refractivity contribution in [2.45, 2.75) is 12.5 Å². The van der Waals surface area contributed by atoms with Gasteiger partial charge in [0.15, 0.2) is 0 Å². The van der Waals surface area contributed by atoms with Crippen LogP contribution in [0, 0.1) is 0 Å². The highest BCUT2D eigenvalue weighted by Gasteiger charge is 2.11. The van der Waals surface area contributed by atoms with Crippen LogP contribution in [0.2, 0.25) is 0 Å². The average Bonchev–Trinajstić information content (AvgIpc) is 2.93. The van der Waals surface area contributed by atoms with Gasteiger partial charge in [0.1, 0.15) is 0 Å². The summed E-state index contributed by atoms with van der Waals surface area (Å²) in [6.07, 6.45) is 2.56. The Balaban J connectivity index is 1.95. The summed E-state index contributed by atoms with van der Waals surface area (Å²) in [5, 5.41) is 6.36. The molecular weight excluding hydrogens is 242 g/mol. The van der Waals surface area contributed by atoms with Gasteiger partial charge in [0.2, 0.25) is 0 Å². The highest BCUT2D eigenvalue weighted by Crippen LogP contribution is 2.24. The number of aromatic nitrogens is 2. The van der Waals surface area contributed by atoms with Crippen molar-refractivity contribution in [3.8, 4) is 0 Å². The molecule has 1 heterocycles. The molecule has 0 bridgehead atoms. The Bertz CT molecular complexity index is 644. The van der Waals surface area contributed by atoms with E-state index in [1.165, 1.54) is 27.9 Å². The molecule has 3 aromatic rings. The van der Waals surface area contributed by atoms with Crippen LogP contribution in [-0.2, 0) is 6.42 Å². The molecule has 2 N–H and O–H groups in total. The van der Waals surface area contributed by atoms with Gasteiger partial charge in [-0.3, -0.25) is 0 Å². The first-order chi connectivity index (χ1) is 8.84. The number of nitrogens with zero attached hydrogens (tertiary/aromatic N) is 2. The molecule has 0 fully saturated rings. The highest BCUT2D eigenvalue weighted by molar-refractivity contribution is 7.05. The molecule has 0 aliphatic heterocycles. The highest BCUT2D eigenvalue weighted by atomic mass is 32.1. The third kappa shape index (κ3) is 2.12. The Morgan fingerprint density at radius 1 is 1.11 bits per heavy atom. The SMILES string of the molecule is NC(Cc1cccc2ccccc12)c1cnns1. The van der Waals surface area contributed by atoms with Crippen molar-refractivity contribution in [3.05, 3.63) is 59.1 Å². The zero-order valence-corrected chi connectivity index (χ0v) is 10.6. The Kier molecular flexibility index (Phi) is 3.04. The van der Waals surface area contributed by atoms with Crippen molar-refractivity contribution >= 4 is 22.3 Å². The summed E-state index contributed by atoms with van der Waals surface area (Å²) >= 11 is 1.37. The minimum absolute atomic E-state index is 0.0317. The number of hydrogen-bond acceptors (Lipinski definition) is 4. The Labute approximate surface area is 109 Å². The third-order valence-electron chi connectivity index (χ3n) is 3.06. The summed E-state index contributed by atoms with van der Waals surface area (Å²) in [7, 11) is 0. The van der Waals surface area contributed by atoms with Crippen LogP contribution in [0.5, 0.6) is 0 Å².